The molecule has 2 heterocycles. The summed E-state index contributed by atoms with van der Waals surface area (Å²) < 4.78 is 5.67. The first-order valence-corrected chi connectivity index (χ1v) is 7.67. The van der Waals surface area contributed by atoms with Crippen LogP contribution in [-0.2, 0) is 4.74 Å². The Hall–Kier alpha value is -1.65. The monoisotopic (exact) mass is 285 g/mol. The highest BCUT2D eigenvalue weighted by molar-refractivity contribution is 5.92. The molecule has 1 aromatic carbocycles. The van der Waals surface area contributed by atoms with Crippen LogP contribution in [0.15, 0.2) is 36.5 Å². The fraction of sp³-hybridized carbons (Fsp3) is 0.471. The van der Waals surface area contributed by atoms with Crippen LogP contribution in [0.2, 0.25) is 0 Å². The summed E-state index contributed by atoms with van der Waals surface area (Å²) in [6.07, 6.45) is 1.90. The summed E-state index contributed by atoms with van der Waals surface area (Å²) in [5.74, 6) is 1.08. The van der Waals surface area contributed by atoms with Gasteiger partial charge in [-0.25, -0.2) is 4.98 Å². The van der Waals surface area contributed by atoms with E-state index in [1.807, 2.05) is 6.20 Å². The Morgan fingerprint density at radius 2 is 2.19 bits per heavy atom. The van der Waals surface area contributed by atoms with Gasteiger partial charge in [0.25, 0.3) is 0 Å². The third-order valence-corrected chi connectivity index (χ3v) is 3.91. The lowest BCUT2D eigenvalue weighted by Crippen LogP contribution is -2.51. The molecule has 0 spiro atoms. The van der Waals surface area contributed by atoms with E-state index in [0.717, 1.165) is 32.1 Å². The number of anilines is 1. The summed E-state index contributed by atoms with van der Waals surface area (Å²) in [5.41, 5.74) is 0. The van der Waals surface area contributed by atoms with Crippen LogP contribution in [-0.4, -0.2) is 43.4 Å². The minimum Gasteiger partial charge on any atom is -0.377 e. The Morgan fingerprint density at radius 3 is 3.05 bits per heavy atom. The zero-order chi connectivity index (χ0) is 14.7. The van der Waals surface area contributed by atoms with Crippen LogP contribution < -0.4 is 10.2 Å². The summed E-state index contributed by atoms with van der Waals surface area (Å²) in [7, 11) is 0. The number of morpholine rings is 1. The Bertz CT molecular complexity index is 594. The summed E-state index contributed by atoms with van der Waals surface area (Å²) in [6, 6.07) is 11.3. The largest absolute Gasteiger partial charge is 0.377 e. The maximum absolute atomic E-state index is 5.67. The number of ether oxygens (including phenoxy) is 1. The van der Waals surface area contributed by atoms with Crippen molar-refractivity contribution in [3.8, 4) is 0 Å². The number of hydrogen-bond donors (Lipinski definition) is 1. The lowest BCUT2D eigenvalue weighted by Gasteiger charge is -2.37. The third kappa shape index (κ3) is 3.17. The standard InChI is InChI=1S/C17H23N3O/c1-13(2)19-11-15-12-21-10-9-20(15)17-16-6-4-3-5-14(16)7-8-18-17/h3-8,13,15,19H,9-12H2,1-2H3. The van der Waals surface area contributed by atoms with E-state index in [0.29, 0.717) is 12.1 Å². The summed E-state index contributed by atoms with van der Waals surface area (Å²) in [5, 5.41) is 5.97. The summed E-state index contributed by atoms with van der Waals surface area (Å²) in [6.45, 7) is 7.68. The molecule has 1 atom stereocenters. The molecule has 1 aliphatic rings. The maximum Gasteiger partial charge on any atom is 0.136 e. The van der Waals surface area contributed by atoms with Crippen molar-refractivity contribution < 1.29 is 4.74 Å². The number of benzene rings is 1. The molecule has 3 rings (SSSR count). The molecule has 2 aromatic rings. The predicted molar refractivity (Wildman–Crippen MR) is 86.8 cm³/mol. The molecular weight excluding hydrogens is 262 g/mol. The third-order valence-electron chi connectivity index (χ3n) is 3.91. The fourth-order valence-electron chi connectivity index (χ4n) is 2.81. The molecule has 1 aliphatic heterocycles. The van der Waals surface area contributed by atoms with Crippen molar-refractivity contribution in [2.75, 3.05) is 31.2 Å². The van der Waals surface area contributed by atoms with E-state index in [1.165, 1.54) is 10.8 Å². The van der Waals surface area contributed by atoms with Crippen LogP contribution in [0, 0.1) is 0 Å². The highest BCUT2D eigenvalue weighted by Crippen LogP contribution is 2.26. The molecular formula is C17H23N3O. The molecule has 1 unspecified atom stereocenters. The van der Waals surface area contributed by atoms with Gasteiger partial charge in [0, 0.05) is 30.7 Å². The Morgan fingerprint density at radius 1 is 1.33 bits per heavy atom. The number of nitrogens with zero attached hydrogens (tertiary/aromatic N) is 2. The first-order valence-electron chi connectivity index (χ1n) is 7.67. The van der Waals surface area contributed by atoms with Crippen LogP contribution in [0.4, 0.5) is 5.82 Å². The Labute approximate surface area is 126 Å². The Kier molecular flexibility index (Phi) is 4.36. The van der Waals surface area contributed by atoms with E-state index in [2.05, 4.69) is 59.4 Å². The van der Waals surface area contributed by atoms with E-state index in [1.54, 1.807) is 0 Å². The smallest absolute Gasteiger partial charge is 0.136 e. The van der Waals surface area contributed by atoms with E-state index in [-0.39, 0.29) is 0 Å². The molecule has 112 valence electrons. The molecule has 0 bridgehead atoms. The van der Waals surface area contributed by atoms with Gasteiger partial charge >= 0.3 is 0 Å². The van der Waals surface area contributed by atoms with Gasteiger partial charge in [0.15, 0.2) is 0 Å². The molecule has 4 nitrogen and oxygen atoms in total. The highest BCUT2D eigenvalue weighted by Gasteiger charge is 2.25. The molecule has 0 amide bonds. The van der Waals surface area contributed by atoms with Crippen LogP contribution in [0.25, 0.3) is 10.8 Å². The SMILES string of the molecule is CC(C)NCC1COCCN1c1nccc2ccccc12. The molecule has 1 aromatic heterocycles. The van der Waals surface area contributed by atoms with Crippen molar-refractivity contribution in [3.05, 3.63) is 36.5 Å². The van der Waals surface area contributed by atoms with Gasteiger partial charge in [-0.1, -0.05) is 38.1 Å². The van der Waals surface area contributed by atoms with Crippen molar-refractivity contribution >= 4 is 16.6 Å². The van der Waals surface area contributed by atoms with Gasteiger partial charge in [-0.3, -0.25) is 0 Å². The van der Waals surface area contributed by atoms with E-state index >= 15 is 0 Å². The van der Waals surface area contributed by atoms with Gasteiger partial charge in [-0.05, 0) is 11.5 Å². The van der Waals surface area contributed by atoms with E-state index < -0.39 is 0 Å². The molecule has 0 radical (unpaired) electrons. The summed E-state index contributed by atoms with van der Waals surface area (Å²) >= 11 is 0. The zero-order valence-corrected chi connectivity index (χ0v) is 12.7. The molecule has 1 fully saturated rings. The maximum atomic E-state index is 5.67. The lowest BCUT2D eigenvalue weighted by molar-refractivity contribution is 0.0929. The average molecular weight is 285 g/mol. The van der Waals surface area contributed by atoms with E-state index in [9.17, 15) is 0 Å². The van der Waals surface area contributed by atoms with Gasteiger partial charge in [-0.15, -0.1) is 0 Å². The first-order chi connectivity index (χ1) is 10.3. The number of hydrogen-bond acceptors (Lipinski definition) is 4. The number of rotatable bonds is 4. The number of aromatic nitrogens is 1. The van der Waals surface area contributed by atoms with Gasteiger partial charge in [0.1, 0.15) is 5.82 Å². The van der Waals surface area contributed by atoms with Crippen LogP contribution in [0.5, 0.6) is 0 Å². The normalized spacial score (nSPS) is 19.4. The minimum absolute atomic E-state index is 0.333. The van der Waals surface area contributed by atoms with Gasteiger partial charge in [0.2, 0.25) is 0 Å². The van der Waals surface area contributed by atoms with Crippen molar-refractivity contribution in [3.63, 3.8) is 0 Å². The molecule has 21 heavy (non-hydrogen) atoms. The predicted octanol–water partition coefficient (Wildman–Crippen LogP) is 2.44. The number of pyridine rings is 1. The topological polar surface area (TPSA) is 37.4 Å². The van der Waals surface area contributed by atoms with Crippen LogP contribution >= 0.6 is 0 Å². The van der Waals surface area contributed by atoms with E-state index in [4.69, 9.17) is 4.74 Å². The van der Waals surface area contributed by atoms with Crippen molar-refractivity contribution in [2.45, 2.75) is 25.9 Å². The molecule has 0 aliphatic carbocycles. The highest BCUT2D eigenvalue weighted by atomic mass is 16.5. The fourth-order valence-corrected chi connectivity index (χ4v) is 2.81. The van der Waals surface area contributed by atoms with Gasteiger partial charge in [-0.2, -0.15) is 0 Å². The summed E-state index contributed by atoms with van der Waals surface area (Å²) in [4.78, 5) is 7.04. The minimum atomic E-state index is 0.333. The van der Waals surface area contributed by atoms with Gasteiger partial charge < -0.3 is 15.0 Å². The second-order valence-electron chi connectivity index (χ2n) is 5.84. The van der Waals surface area contributed by atoms with Crippen molar-refractivity contribution in [1.29, 1.82) is 0 Å². The second-order valence-corrected chi connectivity index (χ2v) is 5.84. The molecule has 1 N–H and O–H groups in total. The lowest BCUT2D eigenvalue weighted by atomic mass is 10.1. The first kappa shape index (κ1) is 14.3. The van der Waals surface area contributed by atoms with Crippen LogP contribution in [0.3, 0.4) is 0 Å². The van der Waals surface area contributed by atoms with Crippen molar-refractivity contribution in [1.82, 2.24) is 10.3 Å². The van der Waals surface area contributed by atoms with Crippen LogP contribution in [0.1, 0.15) is 13.8 Å². The van der Waals surface area contributed by atoms with Crippen molar-refractivity contribution in [2.24, 2.45) is 0 Å². The zero-order valence-electron chi connectivity index (χ0n) is 12.7. The molecule has 0 saturated carbocycles. The molecule has 4 heteroatoms. The molecule has 1 saturated heterocycles. The number of fused-ring (bicyclic) bond motifs is 1. The Balaban J connectivity index is 1.91. The average Bonchev–Trinajstić information content (AvgIpc) is 2.53. The van der Waals surface area contributed by atoms with Gasteiger partial charge in [0.05, 0.1) is 19.3 Å². The second kappa shape index (κ2) is 6.41. The number of nitrogens with one attached hydrogen (secondary N) is 1. The quantitative estimate of drug-likeness (QED) is 0.936.